The van der Waals surface area contributed by atoms with Gasteiger partial charge in [-0.15, -0.1) is 11.3 Å². The van der Waals surface area contributed by atoms with E-state index in [1.807, 2.05) is 30.3 Å². The molecular weight excluding hydrogens is 411 g/mol. The van der Waals surface area contributed by atoms with E-state index in [9.17, 15) is 4.79 Å². The molecule has 3 aromatic rings. The molecule has 0 aliphatic carbocycles. The van der Waals surface area contributed by atoms with Crippen LogP contribution in [-0.2, 0) is 11.2 Å². The lowest BCUT2D eigenvalue weighted by Gasteiger charge is -2.01. The van der Waals surface area contributed by atoms with Gasteiger partial charge in [0, 0.05) is 28.6 Å². The standard InChI is InChI=1S/C19H13Cl3N2OS/c20-15-4-2-1-3-13(15)6-8-18(25)24-19-23-11-14(26-19)9-12-5-7-16(21)17(22)10-12/h1-8,10-11H,9H2,(H,23,24,25)/b8-6+. The van der Waals surface area contributed by atoms with Crippen LogP contribution >= 0.6 is 46.1 Å². The molecule has 3 rings (SSSR count). The molecule has 132 valence electrons. The number of aromatic nitrogens is 1. The molecular formula is C19H13Cl3N2OS. The summed E-state index contributed by atoms with van der Waals surface area (Å²) in [4.78, 5) is 17.3. The Morgan fingerprint density at radius 3 is 2.65 bits per heavy atom. The summed E-state index contributed by atoms with van der Waals surface area (Å²) in [5.41, 5.74) is 1.81. The average molecular weight is 424 g/mol. The molecule has 1 N–H and O–H groups in total. The smallest absolute Gasteiger partial charge is 0.250 e. The first-order valence-corrected chi connectivity index (χ1v) is 9.58. The number of halogens is 3. The molecule has 26 heavy (non-hydrogen) atoms. The second kappa shape index (κ2) is 8.69. The summed E-state index contributed by atoms with van der Waals surface area (Å²) in [6, 6.07) is 12.8. The zero-order valence-corrected chi connectivity index (χ0v) is 16.5. The van der Waals surface area contributed by atoms with E-state index >= 15 is 0 Å². The Morgan fingerprint density at radius 1 is 1.08 bits per heavy atom. The second-order valence-electron chi connectivity index (χ2n) is 5.40. The lowest BCUT2D eigenvalue weighted by atomic mass is 10.1. The molecule has 3 nitrogen and oxygen atoms in total. The van der Waals surface area contributed by atoms with Gasteiger partial charge in [0.15, 0.2) is 5.13 Å². The third-order valence-electron chi connectivity index (χ3n) is 3.47. The van der Waals surface area contributed by atoms with Gasteiger partial charge in [-0.2, -0.15) is 0 Å². The molecule has 0 aliphatic rings. The van der Waals surface area contributed by atoms with Gasteiger partial charge in [0.1, 0.15) is 0 Å². The van der Waals surface area contributed by atoms with E-state index in [-0.39, 0.29) is 5.91 Å². The predicted octanol–water partition coefficient (Wildman–Crippen LogP) is 6.35. The number of amides is 1. The van der Waals surface area contributed by atoms with Crippen molar-refractivity contribution in [1.29, 1.82) is 0 Å². The van der Waals surface area contributed by atoms with Crippen molar-refractivity contribution in [3.8, 4) is 0 Å². The van der Waals surface area contributed by atoms with Crippen LogP contribution in [0.15, 0.2) is 54.7 Å². The van der Waals surface area contributed by atoms with Gasteiger partial charge in [-0.3, -0.25) is 10.1 Å². The van der Waals surface area contributed by atoms with Crippen molar-refractivity contribution in [1.82, 2.24) is 4.98 Å². The second-order valence-corrected chi connectivity index (χ2v) is 7.74. The van der Waals surface area contributed by atoms with Crippen LogP contribution < -0.4 is 5.32 Å². The third-order valence-corrected chi connectivity index (χ3v) is 5.46. The molecule has 7 heteroatoms. The molecule has 0 fully saturated rings. The Morgan fingerprint density at radius 2 is 1.88 bits per heavy atom. The highest BCUT2D eigenvalue weighted by molar-refractivity contribution is 7.15. The van der Waals surface area contributed by atoms with Crippen molar-refractivity contribution in [2.24, 2.45) is 0 Å². The molecule has 0 spiro atoms. The van der Waals surface area contributed by atoms with Gasteiger partial charge in [-0.05, 0) is 35.4 Å². The van der Waals surface area contributed by atoms with Crippen molar-refractivity contribution >= 4 is 63.3 Å². The number of carbonyl (C=O) groups excluding carboxylic acids is 1. The zero-order valence-electron chi connectivity index (χ0n) is 13.4. The minimum Gasteiger partial charge on any atom is -0.298 e. The number of hydrogen-bond acceptors (Lipinski definition) is 3. The van der Waals surface area contributed by atoms with Gasteiger partial charge in [0.05, 0.1) is 10.0 Å². The lowest BCUT2D eigenvalue weighted by molar-refractivity contribution is -0.111. The van der Waals surface area contributed by atoms with E-state index in [1.54, 1.807) is 24.4 Å². The van der Waals surface area contributed by atoms with E-state index in [0.717, 1.165) is 16.0 Å². The van der Waals surface area contributed by atoms with E-state index in [1.165, 1.54) is 17.4 Å². The summed E-state index contributed by atoms with van der Waals surface area (Å²) in [7, 11) is 0. The summed E-state index contributed by atoms with van der Waals surface area (Å²) in [6.07, 6.45) is 5.50. The number of thiazole rings is 1. The molecule has 0 saturated heterocycles. The fraction of sp³-hybridized carbons (Fsp3) is 0.0526. The maximum Gasteiger partial charge on any atom is 0.250 e. The number of anilines is 1. The summed E-state index contributed by atoms with van der Waals surface area (Å²) in [6.45, 7) is 0. The first-order chi connectivity index (χ1) is 12.5. The molecule has 1 heterocycles. The van der Waals surface area contributed by atoms with E-state index in [4.69, 9.17) is 34.8 Å². The van der Waals surface area contributed by atoms with Crippen LogP contribution in [0.3, 0.4) is 0 Å². The van der Waals surface area contributed by atoms with Crippen molar-refractivity contribution < 1.29 is 4.79 Å². The first-order valence-electron chi connectivity index (χ1n) is 7.63. The molecule has 0 aliphatic heterocycles. The molecule has 0 radical (unpaired) electrons. The Balaban J connectivity index is 1.62. The molecule has 0 atom stereocenters. The predicted molar refractivity (Wildman–Crippen MR) is 110 cm³/mol. The van der Waals surface area contributed by atoms with Crippen LogP contribution in [0.5, 0.6) is 0 Å². The van der Waals surface area contributed by atoms with E-state index in [0.29, 0.717) is 26.6 Å². The normalized spacial score (nSPS) is 11.0. The van der Waals surface area contributed by atoms with E-state index < -0.39 is 0 Å². The molecule has 0 bridgehead atoms. The number of hydrogen-bond donors (Lipinski definition) is 1. The van der Waals surface area contributed by atoms with Gasteiger partial charge < -0.3 is 0 Å². The maximum absolute atomic E-state index is 12.0. The number of benzene rings is 2. The van der Waals surface area contributed by atoms with Crippen LogP contribution in [-0.4, -0.2) is 10.9 Å². The topological polar surface area (TPSA) is 42.0 Å². The number of nitrogens with zero attached hydrogens (tertiary/aromatic N) is 1. The van der Waals surface area contributed by atoms with Crippen LogP contribution in [0.4, 0.5) is 5.13 Å². The molecule has 2 aromatic carbocycles. The molecule has 0 saturated carbocycles. The molecule has 1 amide bonds. The van der Waals surface area contributed by atoms with Gasteiger partial charge in [-0.25, -0.2) is 4.98 Å². The van der Waals surface area contributed by atoms with Gasteiger partial charge >= 0.3 is 0 Å². The van der Waals surface area contributed by atoms with Crippen molar-refractivity contribution in [3.05, 3.63) is 85.8 Å². The number of nitrogens with one attached hydrogen (secondary N) is 1. The summed E-state index contributed by atoms with van der Waals surface area (Å²) < 4.78 is 0. The van der Waals surface area contributed by atoms with Gasteiger partial charge in [0.25, 0.3) is 0 Å². The first kappa shape index (κ1) is 18.9. The minimum absolute atomic E-state index is 0.264. The van der Waals surface area contributed by atoms with Crippen LogP contribution in [0.1, 0.15) is 16.0 Å². The SMILES string of the molecule is O=C(/C=C/c1ccccc1Cl)Nc1ncc(Cc2ccc(Cl)c(Cl)c2)s1. The highest BCUT2D eigenvalue weighted by Crippen LogP contribution is 2.26. The number of carbonyl (C=O) groups is 1. The highest BCUT2D eigenvalue weighted by atomic mass is 35.5. The largest absolute Gasteiger partial charge is 0.298 e. The van der Waals surface area contributed by atoms with Crippen molar-refractivity contribution in [2.45, 2.75) is 6.42 Å². The van der Waals surface area contributed by atoms with E-state index in [2.05, 4.69) is 10.3 Å². The minimum atomic E-state index is -0.264. The van der Waals surface area contributed by atoms with Gasteiger partial charge in [0.2, 0.25) is 5.91 Å². The van der Waals surface area contributed by atoms with Crippen LogP contribution in [0.2, 0.25) is 15.1 Å². The van der Waals surface area contributed by atoms with Gasteiger partial charge in [-0.1, -0.05) is 59.1 Å². The highest BCUT2D eigenvalue weighted by Gasteiger charge is 2.07. The number of rotatable bonds is 5. The fourth-order valence-electron chi connectivity index (χ4n) is 2.22. The quantitative estimate of drug-likeness (QED) is 0.486. The van der Waals surface area contributed by atoms with Crippen LogP contribution in [0, 0.1) is 0 Å². The zero-order chi connectivity index (χ0) is 18.5. The Kier molecular flexibility index (Phi) is 6.33. The van der Waals surface area contributed by atoms with Crippen molar-refractivity contribution in [2.75, 3.05) is 5.32 Å². The lowest BCUT2D eigenvalue weighted by Crippen LogP contribution is -2.07. The van der Waals surface area contributed by atoms with Crippen LogP contribution in [0.25, 0.3) is 6.08 Å². The summed E-state index contributed by atoms with van der Waals surface area (Å²) in [5, 5.41) is 4.92. The Labute approximate surface area is 170 Å². The Bertz CT molecular complexity index is 969. The summed E-state index contributed by atoms with van der Waals surface area (Å²) in [5.74, 6) is -0.264. The summed E-state index contributed by atoms with van der Waals surface area (Å²) >= 11 is 19.4. The Hall–Kier alpha value is -1.85. The average Bonchev–Trinajstić information content (AvgIpc) is 3.04. The fourth-order valence-corrected chi connectivity index (χ4v) is 3.59. The maximum atomic E-state index is 12.0. The third kappa shape index (κ3) is 5.08. The molecule has 0 unspecified atom stereocenters. The molecule has 1 aromatic heterocycles. The van der Waals surface area contributed by atoms with Crippen molar-refractivity contribution in [3.63, 3.8) is 0 Å². The monoisotopic (exact) mass is 422 g/mol.